The highest BCUT2D eigenvalue weighted by Crippen LogP contribution is 2.00. The third-order valence-corrected chi connectivity index (χ3v) is 1.29. The predicted octanol–water partition coefficient (Wildman–Crippen LogP) is 2.55. The van der Waals surface area contributed by atoms with Gasteiger partial charge in [0.25, 0.3) is 0 Å². The molecule has 11 heavy (non-hydrogen) atoms. The average Bonchev–Trinajstić information content (AvgIpc) is 2.07. The van der Waals surface area contributed by atoms with Crippen molar-refractivity contribution < 1.29 is 4.74 Å². The molecule has 1 radical (unpaired) electrons. The molecule has 0 bridgehead atoms. The molecule has 0 saturated carbocycles. The summed E-state index contributed by atoms with van der Waals surface area (Å²) in [6.45, 7) is 5.72. The van der Waals surface area contributed by atoms with Gasteiger partial charge in [0.15, 0.2) is 0 Å². The lowest BCUT2D eigenvalue weighted by atomic mass is 10.2. The Balaban J connectivity index is 2.33. The summed E-state index contributed by atoms with van der Waals surface area (Å²) in [5.41, 5.74) is 1.17. The van der Waals surface area contributed by atoms with E-state index < -0.39 is 0 Å². The second-order valence-electron chi connectivity index (χ2n) is 2.17. The second-order valence-corrected chi connectivity index (χ2v) is 2.17. The van der Waals surface area contributed by atoms with E-state index >= 15 is 0 Å². The molecule has 0 spiro atoms. The van der Waals surface area contributed by atoms with Gasteiger partial charge in [-0.1, -0.05) is 36.4 Å². The van der Waals surface area contributed by atoms with Crippen molar-refractivity contribution in [2.45, 2.75) is 6.61 Å². The van der Waals surface area contributed by atoms with Gasteiger partial charge in [0, 0.05) is 0 Å². The van der Waals surface area contributed by atoms with Crippen LogP contribution in [0.4, 0.5) is 0 Å². The Morgan fingerprint density at radius 1 is 1.27 bits per heavy atom. The van der Waals surface area contributed by atoms with Gasteiger partial charge >= 0.3 is 0 Å². The molecule has 0 N–H and O–H groups in total. The highest BCUT2D eigenvalue weighted by Gasteiger charge is 1.88. The van der Waals surface area contributed by atoms with Crippen molar-refractivity contribution in [3.63, 3.8) is 0 Å². The molecule has 1 heteroatoms. The number of hydrogen-bond donors (Lipinski definition) is 0. The van der Waals surface area contributed by atoms with E-state index in [-0.39, 0.29) is 0 Å². The molecule has 1 nitrogen and oxygen atoms in total. The first kappa shape index (κ1) is 8.02. The van der Waals surface area contributed by atoms with Gasteiger partial charge in [0.2, 0.25) is 0 Å². The van der Waals surface area contributed by atoms with E-state index in [2.05, 4.69) is 6.58 Å². The smallest absolute Gasteiger partial charge is 0.106 e. The molecule has 0 heterocycles. The normalized spacial score (nSPS) is 9.45. The lowest BCUT2D eigenvalue weighted by Gasteiger charge is -1.98. The fraction of sp³-hybridized carbons (Fsp3) is 0.100. The number of benzene rings is 1. The van der Waals surface area contributed by atoms with Crippen molar-refractivity contribution in [3.8, 4) is 0 Å². The Bertz CT molecular complexity index is 203. The van der Waals surface area contributed by atoms with Crippen molar-refractivity contribution in [1.29, 1.82) is 0 Å². The van der Waals surface area contributed by atoms with E-state index in [1.807, 2.05) is 30.3 Å². The van der Waals surface area contributed by atoms with Crippen molar-refractivity contribution in [2.75, 3.05) is 0 Å². The van der Waals surface area contributed by atoms with Crippen LogP contribution in [0.1, 0.15) is 5.56 Å². The van der Waals surface area contributed by atoms with E-state index in [0.29, 0.717) is 6.61 Å². The number of ether oxygens (including phenoxy) is 1. The van der Waals surface area contributed by atoms with Gasteiger partial charge in [-0.25, -0.2) is 0 Å². The highest BCUT2D eigenvalue weighted by molar-refractivity contribution is 5.13. The van der Waals surface area contributed by atoms with Gasteiger partial charge < -0.3 is 4.74 Å². The third-order valence-electron chi connectivity index (χ3n) is 1.29. The van der Waals surface area contributed by atoms with Gasteiger partial charge in [-0.3, -0.25) is 0 Å². The summed E-state index contributed by atoms with van der Waals surface area (Å²) in [6.07, 6.45) is 1.63. The maximum Gasteiger partial charge on any atom is 0.106 e. The van der Waals surface area contributed by atoms with Crippen molar-refractivity contribution in [2.24, 2.45) is 0 Å². The van der Waals surface area contributed by atoms with Crippen LogP contribution in [-0.2, 0) is 11.3 Å². The van der Waals surface area contributed by atoms with Crippen LogP contribution in [0.3, 0.4) is 0 Å². The Morgan fingerprint density at radius 3 is 2.64 bits per heavy atom. The summed E-state index contributed by atoms with van der Waals surface area (Å²) in [4.78, 5) is 0. The fourth-order valence-corrected chi connectivity index (χ4v) is 0.787. The minimum atomic E-state index is 0.618. The molecule has 0 unspecified atom stereocenters. The van der Waals surface area contributed by atoms with E-state index in [1.54, 1.807) is 12.7 Å². The highest BCUT2D eigenvalue weighted by atomic mass is 16.5. The molecular formula is C10H11O. The molecule has 0 fully saturated rings. The predicted molar refractivity (Wildman–Crippen MR) is 45.7 cm³/mol. The van der Waals surface area contributed by atoms with Gasteiger partial charge in [-0.15, -0.1) is 6.58 Å². The summed E-state index contributed by atoms with van der Waals surface area (Å²) in [5.74, 6) is 0. The SMILES string of the molecule is C=C[CH]OC[12c]1ccccc1. The third kappa shape index (κ3) is 3.01. The molecule has 0 aromatic heterocycles. The first-order valence-corrected chi connectivity index (χ1v) is 3.53. The van der Waals surface area contributed by atoms with Gasteiger partial charge in [0.05, 0.1) is 6.61 Å². The standard InChI is InChI=1S/C10H11O/c1-2-8-11-9-10-6-4-3-5-7-10/h2-8H,1,9H2/i10+0. The molecule has 0 atom stereocenters. The van der Waals surface area contributed by atoms with E-state index in [4.69, 9.17) is 4.74 Å². The molecule has 1 rings (SSSR count). The quantitative estimate of drug-likeness (QED) is 0.595. The monoisotopic (exact) mass is 147 g/mol. The minimum Gasteiger partial charge on any atom is -0.366 e. The molecule has 0 aliphatic carbocycles. The molecule has 0 aliphatic rings. The average molecular weight is 147 g/mol. The molecule has 57 valence electrons. The lowest BCUT2D eigenvalue weighted by molar-refractivity contribution is 0.202. The van der Waals surface area contributed by atoms with Crippen LogP contribution in [0.5, 0.6) is 0 Å². The van der Waals surface area contributed by atoms with E-state index in [0.717, 1.165) is 0 Å². The van der Waals surface area contributed by atoms with Crippen molar-refractivity contribution in [3.05, 3.63) is 55.2 Å². The van der Waals surface area contributed by atoms with Crippen LogP contribution in [0, 0.1) is 6.61 Å². The van der Waals surface area contributed by atoms with Crippen LogP contribution in [0.25, 0.3) is 0 Å². The molecular weight excluding hydrogens is 136 g/mol. The first-order valence-electron chi connectivity index (χ1n) is 3.53. The molecule has 0 saturated heterocycles. The summed E-state index contributed by atoms with van der Waals surface area (Å²) in [7, 11) is 0. The van der Waals surface area contributed by atoms with Crippen molar-refractivity contribution in [1.82, 2.24) is 0 Å². The van der Waals surface area contributed by atoms with Crippen LogP contribution in [-0.4, -0.2) is 0 Å². The van der Waals surface area contributed by atoms with Crippen LogP contribution >= 0.6 is 0 Å². The van der Waals surface area contributed by atoms with Crippen molar-refractivity contribution >= 4 is 0 Å². The Labute approximate surface area is 67.3 Å². The Hall–Kier alpha value is -1.08. The second kappa shape index (κ2) is 4.69. The zero-order valence-electron chi connectivity index (χ0n) is 6.36. The van der Waals surface area contributed by atoms with Crippen LogP contribution < -0.4 is 0 Å². The number of hydrogen-bond acceptors (Lipinski definition) is 1. The summed E-state index contributed by atoms with van der Waals surface area (Å²) < 4.78 is 5.13. The zero-order chi connectivity index (χ0) is 7.94. The molecule has 0 aliphatic heterocycles. The van der Waals surface area contributed by atoms with E-state index in [9.17, 15) is 0 Å². The van der Waals surface area contributed by atoms with Crippen LogP contribution in [0.2, 0.25) is 0 Å². The topological polar surface area (TPSA) is 9.23 Å². The largest absolute Gasteiger partial charge is 0.366 e. The molecule has 1 aromatic carbocycles. The Morgan fingerprint density at radius 2 is 2.00 bits per heavy atom. The molecule has 0 amide bonds. The molecule has 1 aromatic rings. The van der Waals surface area contributed by atoms with E-state index in [1.165, 1.54) is 5.56 Å². The first-order chi connectivity index (χ1) is 5.43. The minimum absolute atomic E-state index is 0.618. The maximum atomic E-state index is 5.13. The van der Waals surface area contributed by atoms with Gasteiger partial charge in [-0.2, -0.15) is 0 Å². The maximum absolute atomic E-state index is 5.13. The Kier molecular flexibility index (Phi) is 3.42. The summed E-state index contributed by atoms with van der Waals surface area (Å²) in [6, 6.07) is 10.0. The zero-order valence-corrected chi connectivity index (χ0v) is 6.36. The lowest BCUT2D eigenvalue weighted by Crippen LogP contribution is -1.86. The van der Waals surface area contributed by atoms with Gasteiger partial charge in [0.1, 0.15) is 6.61 Å². The van der Waals surface area contributed by atoms with Gasteiger partial charge in [-0.05, 0) is 5.56 Å². The van der Waals surface area contributed by atoms with Crippen LogP contribution in [0.15, 0.2) is 43.0 Å². The summed E-state index contributed by atoms with van der Waals surface area (Å²) in [5, 5.41) is 0. The number of rotatable bonds is 4. The summed E-state index contributed by atoms with van der Waals surface area (Å²) >= 11 is 0. The fourth-order valence-electron chi connectivity index (χ4n) is 0.787.